The molecule has 3 heteroatoms. The summed E-state index contributed by atoms with van der Waals surface area (Å²) in [5.74, 6) is 0. The third-order valence-corrected chi connectivity index (χ3v) is 7.09. The Morgan fingerprint density at radius 1 is 0.759 bits per heavy atom. The first-order valence-corrected chi connectivity index (χ1v) is 17.2. The van der Waals surface area contributed by atoms with Crippen molar-refractivity contribution in [3.8, 4) is 0 Å². The van der Waals surface area contributed by atoms with Gasteiger partial charge in [-0.25, -0.2) is 23.3 Å². The van der Waals surface area contributed by atoms with Gasteiger partial charge in [0, 0.05) is 16.1 Å². The Balaban J connectivity index is -0.000000422. The van der Waals surface area contributed by atoms with Crippen molar-refractivity contribution in [2.45, 2.75) is 77.1 Å². The first kappa shape index (κ1) is 33.4. The van der Waals surface area contributed by atoms with Gasteiger partial charge in [-0.05, 0) is 24.9 Å². The van der Waals surface area contributed by atoms with Gasteiger partial charge in [-0.1, -0.05) is 63.6 Å². The van der Waals surface area contributed by atoms with E-state index in [0.29, 0.717) is 0 Å². The summed E-state index contributed by atoms with van der Waals surface area (Å²) in [6.07, 6.45) is 19.4. The van der Waals surface area contributed by atoms with E-state index in [1.54, 1.807) is 0 Å². The van der Waals surface area contributed by atoms with Gasteiger partial charge in [0.1, 0.15) is 0 Å². The minimum Gasteiger partial charge on any atom is -0.358 e. The van der Waals surface area contributed by atoms with E-state index in [0.717, 1.165) is 25.7 Å². The Hall–Kier alpha value is -0.256. The maximum Gasteiger partial charge on any atom is 4.00 e. The first-order valence-electron chi connectivity index (χ1n) is 9.80. The van der Waals surface area contributed by atoms with Crippen LogP contribution < -0.4 is 0 Å². The van der Waals surface area contributed by atoms with Crippen molar-refractivity contribution in [2.24, 2.45) is 0 Å². The Morgan fingerprint density at radius 3 is 1.28 bits per heavy atom. The van der Waals surface area contributed by atoms with Crippen molar-refractivity contribution < 1.29 is 25.8 Å². The molecule has 0 amide bonds. The number of hydrogen-bond donors (Lipinski definition) is 0. The van der Waals surface area contributed by atoms with E-state index >= 15 is 0 Å². The SMILES string of the molecule is C=C(CC1=[C-]CC=C1)C[Si](C)(C)C.C=C(CC1=[C-]CC=C1)C[Si](C)(C)C.[CH3-].[CH3-].[Hf+4]. The normalized spacial score (nSPS) is 14.4. The van der Waals surface area contributed by atoms with Crippen LogP contribution in [0.25, 0.3) is 0 Å². The molecule has 160 valence electrons. The molecule has 2 rings (SSSR count). The minimum atomic E-state index is -0.957. The van der Waals surface area contributed by atoms with Gasteiger partial charge in [0.2, 0.25) is 0 Å². The summed E-state index contributed by atoms with van der Waals surface area (Å²) < 4.78 is 0. The summed E-state index contributed by atoms with van der Waals surface area (Å²) in [5, 5.41) is 0. The van der Waals surface area contributed by atoms with Crippen LogP contribution in [0, 0.1) is 27.0 Å². The second-order valence-corrected chi connectivity index (χ2v) is 20.9. The summed E-state index contributed by atoms with van der Waals surface area (Å²) in [4.78, 5) is 0. The monoisotopic (exact) mass is 592 g/mol. The number of hydrogen-bond acceptors (Lipinski definition) is 0. The van der Waals surface area contributed by atoms with Crippen molar-refractivity contribution in [1.29, 1.82) is 0 Å². The molecule has 0 unspecified atom stereocenters. The molecule has 0 aromatic carbocycles. The van der Waals surface area contributed by atoms with Gasteiger partial charge in [0.25, 0.3) is 0 Å². The van der Waals surface area contributed by atoms with Gasteiger partial charge >= 0.3 is 25.8 Å². The van der Waals surface area contributed by atoms with Crippen molar-refractivity contribution in [3.63, 3.8) is 0 Å². The molecule has 0 fully saturated rings. The molecule has 0 heterocycles. The molecular formula is C26H44HfSi2. The molecule has 0 radical (unpaired) electrons. The zero-order valence-corrected chi connectivity index (χ0v) is 26.1. The summed E-state index contributed by atoms with van der Waals surface area (Å²) in [6, 6.07) is 2.48. The fourth-order valence-corrected chi connectivity index (χ4v) is 6.56. The summed E-state index contributed by atoms with van der Waals surface area (Å²) >= 11 is 0. The Bertz CT molecular complexity index is 564. The standard InChI is InChI=1S/2C12H19Si.2CH3.Hf/c2*1-11(10-13(2,3)4)9-12-7-5-6-8-12;;;/h2*5,7H,1,6,9-10H2,2-4H3;2*1H3;/q4*-1;+4. The van der Waals surface area contributed by atoms with Crippen LogP contribution in [0.15, 0.2) is 59.8 Å². The third-order valence-electron chi connectivity index (χ3n) is 3.97. The Labute approximate surface area is 204 Å². The molecular weight excluding hydrogens is 547 g/mol. The van der Waals surface area contributed by atoms with Crippen molar-refractivity contribution in [2.75, 3.05) is 0 Å². The number of allylic oxidation sites excluding steroid dienone is 10. The molecule has 2 aliphatic rings. The smallest absolute Gasteiger partial charge is 0.358 e. The Morgan fingerprint density at radius 2 is 1.07 bits per heavy atom. The molecule has 0 nitrogen and oxygen atoms in total. The molecule has 0 atom stereocenters. The fraction of sp³-hybridized carbons (Fsp3) is 0.462. The average Bonchev–Trinajstić information content (AvgIpc) is 3.08. The molecule has 29 heavy (non-hydrogen) atoms. The molecule has 0 spiro atoms. The van der Waals surface area contributed by atoms with E-state index in [1.165, 1.54) is 34.4 Å². The summed E-state index contributed by atoms with van der Waals surface area (Å²) in [6.45, 7) is 22.6. The second-order valence-electron chi connectivity index (χ2n) is 9.95. The zero-order chi connectivity index (χ0) is 19.8. The van der Waals surface area contributed by atoms with Crippen LogP contribution >= 0.6 is 0 Å². The van der Waals surface area contributed by atoms with E-state index in [1.807, 2.05) is 0 Å². The van der Waals surface area contributed by atoms with Gasteiger partial charge in [0.05, 0.1) is 0 Å². The minimum absolute atomic E-state index is 0. The van der Waals surface area contributed by atoms with E-state index in [4.69, 9.17) is 0 Å². The van der Waals surface area contributed by atoms with E-state index < -0.39 is 16.1 Å². The van der Waals surface area contributed by atoms with E-state index in [-0.39, 0.29) is 40.7 Å². The molecule has 0 aliphatic heterocycles. The van der Waals surface area contributed by atoms with Crippen LogP contribution in [0.5, 0.6) is 0 Å². The predicted molar refractivity (Wildman–Crippen MR) is 138 cm³/mol. The first-order chi connectivity index (χ1) is 11.9. The maximum absolute atomic E-state index is 4.14. The van der Waals surface area contributed by atoms with E-state index in [9.17, 15) is 0 Å². The van der Waals surface area contributed by atoms with Crippen molar-refractivity contribution >= 4 is 16.1 Å². The van der Waals surface area contributed by atoms with E-state index in [2.05, 4.69) is 88.9 Å². The van der Waals surface area contributed by atoms with Crippen LogP contribution in [0.1, 0.15) is 25.7 Å². The topological polar surface area (TPSA) is 0 Å². The maximum atomic E-state index is 4.14. The zero-order valence-electron chi connectivity index (χ0n) is 20.5. The second kappa shape index (κ2) is 15.5. The third kappa shape index (κ3) is 18.2. The predicted octanol–water partition coefficient (Wildman–Crippen LogP) is 8.82. The molecule has 0 N–H and O–H groups in total. The van der Waals surface area contributed by atoms with Gasteiger partial charge in [-0.2, -0.15) is 12.2 Å². The Kier molecular flexibility index (Phi) is 17.9. The summed E-state index contributed by atoms with van der Waals surface area (Å²) in [5.41, 5.74) is 5.44. The molecule has 0 saturated heterocycles. The number of rotatable bonds is 8. The van der Waals surface area contributed by atoms with Gasteiger partial charge in [0.15, 0.2) is 0 Å². The molecule has 0 bridgehead atoms. The fourth-order valence-electron chi connectivity index (χ4n) is 3.31. The van der Waals surface area contributed by atoms with Crippen LogP contribution in [-0.2, 0) is 25.8 Å². The molecule has 0 aromatic heterocycles. The van der Waals surface area contributed by atoms with Crippen LogP contribution in [0.3, 0.4) is 0 Å². The van der Waals surface area contributed by atoms with Gasteiger partial charge in [-0.15, -0.1) is 12.8 Å². The van der Waals surface area contributed by atoms with Gasteiger partial charge < -0.3 is 14.9 Å². The average molecular weight is 591 g/mol. The molecule has 2 aliphatic carbocycles. The van der Waals surface area contributed by atoms with Crippen molar-refractivity contribution in [1.82, 2.24) is 0 Å². The van der Waals surface area contributed by atoms with Crippen LogP contribution in [0.4, 0.5) is 0 Å². The summed E-state index contributed by atoms with van der Waals surface area (Å²) in [7, 11) is -1.91. The molecule has 0 aromatic rings. The van der Waals surface area contributed by atoms with Crippen LogP contribution in [-0.4, -0.2) is 16.1 Å². The quantitative estimate of drug-likeness (QED) is 0.150. The van der Waals surface area contributed by atoms with Crippen LogP contribution in [0.2, 0.25) is 51.4 Å². The molecule has 0 saturated carbocycles. The van der Waals surface area contributed by atoms with Gasteiger partial charge in [-0.3, -0.25) is 12.2 Å². The largest absolute Gasteiger partial charge is 4.00 e. The van der Waals surface area contributed by atoms with Crippen molar-refractivity contribution in [3.05, 3.63) is 86.8 Å².